The fraction of sp³-hybridized carbons (Fsp3) is 0.250. The minimum Gasteiger partial charge on any atom is -0.456 e. The van der Waals surface area contributed by atoms with Crippen LogP contribution in [0.25, 0.3) is 11.0 Å². The molecular weight excluding hydrogens is 293 g/mol. The molecule has 0 radical (unpaired) electrons. The number of hydrogen-bond acceptors (Lipinski definition) is 3. The lowest BCUT2D eigenvalue weighted by molar-refractivity contribution is 0.396. The van der Waals surface area contributed by atoms with Crippen molar-refractivity contribution in [1.82, 2.24) is 5.32 Å². The molecule has 0 saturated carbocycles. The molecule has 3 rings (SSSR count). The van der Waals surface area contributed by atoms with E-state index < -0.39 is 0 Å². The zero-order chi connectivity index (χ0) is 14.8. The van der Waals surface area contributed by atoms with Crippen LogP contribution in [0.15, 0.2) is 45.2 Å². The maximum absolute atomic E-state index is 13.8. The molecule has 1 unspecified atom stereocenters. The van der Waals surface area contributed by atoms with Crippen LogP contribution in [-0.2, 0) is 0 Å². The van der Waals surface area contributed by atoms with E-state index in [4.69, 9.17) is 20.4 Å². The minimum absolute atomic E-state index is 0.258. The van der Waals surface area contributed by atoms with Gasteiger partial charge in [0, 0.05) is 5.39 Å². The average Bonchev–Trinajstić information content (AvgIpc) is 3.07. The van der Waals surface area contributed by atoms with Crippen molar-refractivity contribution in [3.63, 3.8) is 0 Å². The molecule has 2 heterocycles. The topological polar surface area (TPSA) is 38.3 Å². The van der Waals surface area contributed by atoms with Crippen LogP contribution in [0.1, 0.15) is 30.9 Å². The van der Waals surface area contributed by atoms with Gasteiger partial charge in [-0.15, -0.1) is 0 Å². The van der Waals surface area contributed by atoms with Gasteiger partial charge < -0.3 is 14.2 Å². The summed E-state index contributed by atoms with van der Waals surface area (Å²) < 4.78 is 24.9. The van der Waals surface area contributed by atoms with Crippen LogP contribution in [0.4, 0.5) is 4.39 Å². The fourth-order valence-corrected chi connectivity index (χ4v) is 2.46. The first-order valence-corrected chi connectivity index (χ1v) is 7.23. The van der Waals surface area contributed by atoms with Crippen molar-refractivity contribution in [3.05, 3.63) is 59.0 Å². The summed E-state index contributed by atoms with van der Waals surface area (Å²) in [6.45, 7) is 2.85. The van der Waals surface area contributed by atoms with Gasteiger partial charge in [0.15, 0.2) is 16.6 Å². The molecule has 0 amide bonds. The molecule has 3 nitrogen and oxygen atoms in total. The van der Waals surface area contributed by atoms with Crippen molar-refractivity contribution in [1.29, 1.82) is 0 Å². The van der Waals surface area contributed by atoms with E-state index in [1.54, 1.807) is 18.2 Å². The third-order valence-electron chi connectivity index (χ3n) is 3.28. The Kier molecular flexibility index (Phi) is 3.99. The summed E-state index contributed by atoms with van der Waals surface area (Å²) in [6, 6.07) is 9.87. The molecule has 0 saturated heterocycles. The van der Waals surface area contributed by atoms with E-state index >= 15 is 0 Å². The summed E-state index contributed by atoms with van der Waals surface area (Å²) in [4.78, 5) is 0. The molecule has 0 fully saturated rings. The second-order valence-electron chi connectivity index (χ2n) is 4.84. The third kappa shape index (κ3) is 2.82. The van der Waals surface area contributed by atoms with Crippen molar-refractivity contribution in [2.24, 2.45) is 0 Å². The molecule has 0 spiro atoms. The molecule has 110 valence electrons. The van der Waals surface area contributed by atoms with Gasteiger partial charge in [-0.05, 0) is 48.8 Å². The Balaban J connectivity index is 2.03. The van der Waals surface area contributed by atoms with E-state index in [1.165, 1.54) is 6.07 Å². The highest BCUT2D eigenvalue weighted by Gasteiger charge is 2.22. The number of halogens is 2. The molecule has 1 atom stereocenters. The molecule has 0 aliphatic heterocycles. The molecule has 3 aromatic rings. The lowest BCUT2D eigenvalue weighted by Crippen LogP contribution is -2.22. The predicted molar refractivity (Wildman–Crippen MR) is 80.0 cm³/mol. The molecule has 2 aromatic heterocycles. The van der Waals surface area contributed by atoms with E-state index in [0.29, 0.717) is 16.7 Å². The Morgan fingerprint density at radius 1 is 1.19 bits per heavy atom. The zero-order valence-corrected chi connectivity index (χ0v) is 12.3. The lowest BCUT2D eigenvalue weighted by atomic mass is 10.1. The second-order valence-corrected chi connectivity index (χ2v) is 5.21. The van der Waals surface area contributed by atoms with Gasteiger partial charge in [-0.3, -0.25) is 0 Å². The molecule has 1 N–H and O–H groups in total. The number of para-hydroxylation sites is 1. The Bertz CT molecular complexity index is 750. The molecule has 1 aromatic carbocycles. The lowest BCUT2D eigenvalue weighted by Gasteiger charge is -2.13. The minimum atomic E-state index is -0.370. The summed E-state index contributed by atoms with van der Waals surface area (Å²) >= 11 is 5.84. The Hall–Kier alpha value is -1.78. The number of fused-ring (bicyclic) bond motifs is 1. The van der Waals surface area contributed by atoms with Gasteiger partial charge in [0.1, 0.15) is 17.6 Å². The van der Waals surface area contributed by atoms with Gasteiger partial charge in [-0.2, -0.15) is 0 Å². The Labute approximate surface area is 126 Å². The first-order chi connectivity index (χ1) is 10.2. The number of hydrogen-bond donors (Lipinski definition) is 1. The molecular formula is C16H15ClFNO2. The van der Waals surface area contributed by atoms with Gasteiger partial charge in [0.05, 0.1) is 0 Å². The molecule has 0 aliphatic carbocycles. The van der Waals surface area contributed by atoms with E-state index in [9.17, 15) is 4.39 Å². The molecule has 0 bridgehead atoms. The smallest absolute Gasteiger partial charge is 0.193 e. The van der Waals surface area contributed by atoms with Gasteiger partial charge in [0.25, 0.3) is 0 Å². The number of benzene rings is 1. The van der Waals surface area contributed by atoms with Crippen molar-refractivity contribution in [2.75, 3.05) is 6.54 Å². The standard InChI is InChI=1S/C16H15ClFNO2/c1-2-8-19-15(12-6-7-14(17)20-12)13-9-10-4-3-5-11(18)16(10)21-13/h3-7,9,15,19H,2,8H2,1H3. The molecule has 5 heteroatoms. The number of furan rings is 2. The van der Waals surface area contributed by atoms with E-state index in [1.807, 2.05) is 12.1 Å². The molecule has 21 heavy (non-hydrogen) atoms. The van der Waals surface area contributed by atoms with Crippen LogP contribution in [0.2, 0.25) is 5.22 Å². The fourth-order valence-electron chi connectivity index (χ4n) is 2.30. The van der Waals surface area contributed by atoms with Crippen molar-refractivity contribution >= 4 is 22.6 Å². The maximum Gasteiger partial charge on any atom is 0.193 e. The SMILES string of the molecule is CCCNC(c1ccc(Cl)o1)c1cc2cccc(F)c2o1. The summed E-state index contributed by atoms with van der Waals surface area (Å²) in [5.41, 5.74) is 0.258. The van der Waals surface area contributed by atoms with E-state index in [-0.39, 0.29) is 17.4 Å². The zero-order valence-electron chi connectivity index (χ0n) is 11.5. The van der Waals surface area contributed by atoms with Crippen LogP contribution in [0.3, 0.4) is 0 Å². The summed E-state index contributed by atoms with van der Waals surface area (Å²) in [7, 11) is 0. The molecule has 0 aliphatic rings. The number of rotatable bonds is 5. The monoisotopic (exact) mass is 307 g/mol. The third-order valence-corrected chi connectivity index (χ3v) is 3.48. The predicted octanol–water partition coefficient (Wildman–Crippen LogP) is 4.91. The summed E-state index contributed by atoms with van der Waals surface area (Å²) in [6.07, 6.45) is 0.958. The Morgan fingerprint density at radius 2 is 2.05 bits per heavy atom. The van der Waals surface area contributed by atoms with Crippen LogP contribution in [-0.4, -0.2) is 6.54 Å². The van der Waals surface area contributed by atoms with Crippen LogP contribution < -0.4 is 5.32 Å². The van der Waals surface area contributed by atoms with Crippen molar-refractivity contribution in [2.45, 2.75) is 19.4 Å². The maximum atomic E-state index is 13.8. The largest absolute Gasteiger partial charge is 0.456 e. The van der Waals surface area contributed by atoms with E-state index in [0.717, 1.165) is 18.4 Å². The highest BCUT2D eigenvalue weighted by atomic mass is 35.5. The quantitative estimate of drug-likeness (QED) is 0.728. The van der Waals surface area contributed by atoms with Gasteiger partial charge >= 0.3 is 0 Å². The summed E-state index contributed by atoms with van der Waals surface area (Å²) in [5, 5.41) is 4.37. The Morgan fingerprint density at radius 3 is 2.71 bits per heavy atom. The average molecular weight is 308 g/mol. The van der Waals surface area contributed by atoms with Crippen molar-refractivity contribution < 1.29 is 13.2 Å². The van der Waals surface area contributed by atoms with Crippen molar-refractivity contribution in [3.8, 4) is 0 Å². The van der Waals surface area contributed by atoms with E-state index in [2.05, 4.69) is 12.2 Å². The van der Waals surface area contributed by atoms with Gasteiger partial charge in [-0.25, -0.2) is 4.39 Å². The first kappa shape index (κ1) is 14.2. The second kappa shape index (κ2) is 5.92. The van der Waals surface area contributed by atoms with Crippen LogP contribution >= 0.6 is 11.6 Å². The first-order valence-electron chi connectivity index (χ1n) is 6.85. The highest BCUT2D eigenvalue weighted by Crippen LogP contribution is 2.31. The summed E-state index contributed by atoms with van der Waals surface area (Å²) in [5.74, 6) is 0.882. The van der Waals surface area contributed by atoms with Gasteiger partial charge in [-0.1, -0.05) is 19.1 Å². The highest BCUT2D eigenvalue weighted by molar-refractivity contribution is 6.28. The van der Waals surface area contributed by atoms with Gasteiger partial charge in [0.2, 0.25) is 0 Å². The number of nitrogens with one attached hydrogen (secondary N) is 1. The van der Waals surface area contributed by atoms with Crippen LogP contribution in [0.5, 0.6) is 0 Å². The van der Waals surface area contributed by atoms with Crippen LogP contribution in [0, 0.1) is 5.82 Å². The normalized spacial score (nSPS) is 12.9.